The van der Waals surface area contributed by atoms with Crippen LogP contribution in [0.25, 0.3) is 0 Å². The minimum Gasteiger partial charge on any atom is -0.391 e. The zero-order valence-corrected chi connectivity index (χ0v) is 11.1. The Labute approximate surface area is 108 Å². The van der Waals surface area contributed by atoms with Gasteiger partial charge in [-0.2, -0.15) is 0 Å². The molecule has 2 rings (SSSR count). The molecule has 2 aliphatic rings. The van der Waals surface area contributed by atoms with Crippen LogP contribution in [0.1, 0.15) is 13.8 Å². The highest BCUT2D eigenvalue weighted by molar-refractivity contribution is 4.71. The molecule has 0 saturated carbocycles. The first-order valence-electron chi connectivity index (χ1n) is 6.32. The topological polar surface area (TPSA) is 84.0 Å². The third-order valence-electron chi connectivity index (χ3n) is 2.13. The predicted molar refractivity (Wildman–Crippen MR) is 64.5 cm³/mol. The Balaban J connectivity index is 0.000000180. The van der Waals surface area contributed by atoms with E-state index in [1.165, 1.54) is 0 Å². The van der Waals surface area contributed by atoms with E-state index in [1.54, 1.807) is 13.8 Å². The summed E-state index contributed by atoms with van der Waals surface area (Å²) in [4.78, 5) is 0. The van der Waals surface area contributed by atoms with Gasteiger partial charge in [0, 0.05) is 0 Å². The first-order valence-corrected chi connectivity index (χ1v) is 6.32. The zero-order chi connectivity index (χ0) is 13.4. The van der Waals surface area contributed by atoms with Gasteiger partial charge in [0.1, 0.15) is 12.2 Å². The van der Waals surface area contributed by atoms with Crippen LogP contribution >= 0.6 is 0 Å². The summed E-state index contributed by atoms with van der Waals surface area (Å²) in [7, 11) is 0. The van der Waals surface area contributed by atoms with Crippen molar-refractivity contribution in [3.63, 3.8) is 0 Å². The minimum absolute atomic E-state index is 0.297. The van der Waals surface area contributed by atoms with Crippen molar-refractivity contribution in [2.75, 3.05) is 39.6 Å². The lowest BCUT2D eigenvalue weighted by Crippen LogP contribution is -2.16. The third kappa shape index (κ3) is 10.9. The summed E-state index contributed by atoms with van der Waals surface area (Å²) in [6.07, 6.45) is -0.0972. The summed E-state index contributed by atoms with van der Waals surface area (Å²) < 4.78 is 20.0. The molecular formula is C12H24O6. The van der Waals surface area contributed by atoms with Gasteiger partial charge in [0.15, 0.2) is 0 Å². The molecule has 0 spiro atoms. The maximum absolute atomic E-state index is 8.66. The molecule has 0 aromatic rings. The molecule has 2 saturated heterocycles. The van der Waals surface area contributed by atoms with E-state index in [0.29, 0.717) is 25.4 Å². The van der Waals surface area contributed by atoms with E-state index in [1.807, 2.05) is 0 Å². The standard InChI is InChI=1S/C6H10O3.C6H14O3/c1(5-3-8-5)7-2-6-4-9-6;1-5(7)3-9-4-6(2)8/h5-6H,1-4H2;5-8H,3-4H2,1-2H3. The van der Waals surface area contributed by atoms with Crippen molar-refractivity contribution in [1.29, 1.82) is 0 Å². The van der Waals surface area contributed by atoms with Crippen molar-refractivity contribution in [1.82, 2.24) is 0 Å². The molecule has 18 heavy (non-hydrogen) atoms. The minimum atomic E-state index is -0.441. The number of epoxide rings is 2. The number of rotatable bonds is 8. The Morgan fingerprint density at radius 1 is 0.944 bits per heavy atom. The van der Waals surface area contributed by atoms with E-state index in [-0.39, 0.29) is 0 Å². The van der Waals surface area contributed by atoms with Crippen molar-refractivity contribution < 1.29 is 29.2 Å². The second-order valence-electron chi connectivity index (χ2n) is 4.68. The zero-order valence-electron chi connectivity index (χ0n) is 11.1. The van der Waals surface area contributed by atoms with E-state index in [9.17, 15) is 0 Å². The molecule has 4 atom stereocenters. The highest BCUT2D eigenvalue weighted by atomic mass is 16.6. The molecule has 6 heteroatoms. The van der Waals surface area contributed by atoms with Gasteiger partial charge in [-0.05, 0) is 13.8 Å². The van der Waals surface area contributed by atoms with Crippen LogP contribution in [-0.2, 0) is 18.9 Å². The van der Waals surface area contributed by atoms with Crippen LogP contribution in [0, 0.1) is 0 Å². The maximum Gasteiger partial charge on any atom is 0.104 e. The van der Waals surface area contributed by atoms with Crippen LogP contribution in [0.4, 0.5) is 0 Å². The first kappa shape index (κ1) is 15.8. The lowest BCUT2D eigenvalue weighted by molar-refractivity contribution is 0.00392. The van der Waals surface area contributed by atoms with E-state index in [0.717, 1.165) is 26.4 Å². The molecule has 0 aromatic heterocycles. The van der Waals surface area contributed by atoms with Crippen molar-refractivity contribution in [2.24, 2.45) is 0 Å². The smallest absolute Gasteiger partial charge is 0.104 e. The van der Waals surface area contributed by atoms with Crippen molar-refractivity contribution in [3.05, 3.63) is 0 Å². The van der Waals surface area contributed by atoms with Crippen LogP contribution in [0.15, 0.2) is 0 Å². The van der Waals surface area contributed by atoms with Crippen LogP contribution in [0.3, 0.4) is 0 Å². The van der Waals surface area contributed by atoms with Crippen LogP contribution in [0.5, 0.6) is 0 Å². The second-order valence-corrected chi connectivity index (χ2v) is 4.68. The van der Waals surface area contributed by atoms with E-state index in [4.69, 9.17) is 29.2 Å². The van der Waals surface area contributed by atoms with E-state index < -0.39 is 12.2 Å². The Morgan fingerprint density at radius 3 is 1.61 bits per heavy atom. The predicted octanol–water partition coefficient (Wildman–Crippen LogP) is -0.435. The maximum atomic E-state index is 8.66. The van der Waals surface area contributed by atoms with Gasteiger partial charge in [-0.15, -0.1) is 0 Å². The summed E-state index contributed by atoms with van der Waals surface area (Å²) in [5.41, 5.74) is 0. The number of aliphatic hydroxyl groups excluding tert-OH is 2. The van der Waals surface area contributed by atoms with Gasteiger partial charge in [0.25, 0.3) is 0 Å². The van der Waals surface area contributed by atoms with Gasteiger partial charge in [-0.1, -0.05) is 0 Å². The van der Waals surface area contributed by atoms with Gasteiger partial charge in [0.2, 0.25) is 0 Å². The fourth-order valence-corrected chi connectivity index (χ4v) is 1.07. The van der Waals surface area contributed by atoms with Crippen molar-refractivity contribution >= 4 is 0 Å². The quantitative estimate of drug-likeness (QED) is 0.579. The molecule has 0 amide bonds. The summed E-state index contributed by atoms with van der Waals surface area (Å²) in [6.45, 7) is 7.14. The first-order chi connectivity index (χ1) is 8.58. The van der Waals surface area contributed by atoms with Gasteiger partial charge in [-0.3, -0.25) is 0 Å². The number of hydrogen-bond acceptors (Lipinski definition) is 6. The molecule has 2 fully saturated rings. The molecule has 2 aliphatic heterocycles. The number of ether oxygens (including phenoxy) is 4. The average Bonchev–Trinajstić information content (AvgIpc) is 3.12. The highest BCUT2D eigenvalue weighted by Gasteiger charge is 2.26. The lowest BCUT2D eigenvalue weighted by atomic mass is 10.4. The van der Waals surface area contributed by atoms with Crippen molar-refractivity contribution in [2.45, 2.75) is 38.3 Å². The van der Waals surface area contributed by atoms with Gasteiger partial charge in [-0.25, -0.2) is 0 Å². The summed E-state index contributed by atoms with van der Waals surface area (Å²) >= 11 is 0. The third-order valence-corrected chi connectivity index (χ3v) is 2.13. The van der Waals surface area contributed by atoms with E-state index in [2.05, 4.69) is 0 Å². The number of aliphatic hydroxyl groups is 2. The largest absolute Gasteiger partial charge is 0.391 e. The Hall–Kier alpha value is -0.240. The summed E-state index contributed by atoms with van der Waals surface area (Å²) in [6, 6.07) is 0. The molecule has 0 bridgehead atoms. The molecule has 0 radical (unpaired) electrons. The van der Waals surface area contributed by atoms with E-state index >= 15 is 0 Å². The van der Waals surface area contributed by atoms with Gasteiger partial charge >= 0.3 is 0 Å². The van der Waals surface area contributed by atoms with Crippen LogP contribution < -0.4 is 0 Å². The Morgan fingerprint density at radius 2 is 1.33 bits per heavy atom. The molecule has 0 aromatic carbocycles. The average molecular weight is 264 g/mol. The normalized spacial score (nSPS) is 28.0. The highest BCUT2D eigenvalue weighted by Crippen LogP contribution is 2.12. The molecule has 2 heterocycles. The summed E-state index contributed by atoms with van der Waals surface area (Å²) in [5, 5.41) is 17.3. The Bertz CT molecular complexity index is 175. The lowest BCUT2D eigenvalue weighted by Gasteiger charge is -2.06. The molecule has 4 unspecified atom stereocenters. The number of hydrogen-bond donors (Lipinski definition) is 2. The SMILES string of the molecule is C(OCC1CO1)C1CO1.CC(O)COCC(C)O. The second kappa shape index (κ2) is 8.79. The fourth-order valence-electron chi connectivity index (χ4n) is 1.07. The van der Waals surface area contributed by atoms with Gasteiger partial charge in [0.05, 0.1) is 51.8 Å². The molecule has 6 nitrogen and oxygen atoms in total. The monoisotopic (exact) mass is 264 g/mol. The molecule has 0 aliphatic carbocycles. The molecule has 2 N–H and O–H groups in total. The fraction of sp³-hybridized carbons (Fsp3) is 1.00. The van der Waals surface area contributed by atoms with Crippen LogP contribution in [0.2, 0.25) is 0 Å². The van der Waals surface area contributed by atoms with Gasteiger partial charge < -0.3 is 29.2 Å². The Kier molecular flexibility index (Phi) is 7.73. The van der Waals surface area contributed by atoms with Crippen LogP contribution in [-0.4, -0.2) is 74.3 Å². The summed E-state index contributed by atoms with van der Waals surface area (Å²) in [5.74, 6) is 0. The van der Waals surface area contributed by atoms with Crippen molar-refractivity contribution in [3.8, 4) is 0 Å². The molecule has 108 valence electrons. The molecular weight excluding hydrogens is 240 g/mol.